The predicted molar refractivity (Wildman–Crippen MR) is 121 cm³/mol. The van der Waals surface area contributed by atoms with Crippen molar-refractivity contribution in [1.82, 2.24) is 0 Å². The van der Waals surface area contributed by atoms with Crippen LogP contribution in [0.3, 0.4) is 0 Å². The summed E-state index contributed by atoms with van der Waals surface area (Å²) in [6.45, 7) is 0.738. The lowest BCUT2D eigenvalue weighted by Crippen LogP contribution is -2.17. The van der Waals surface area contributed by atoms with Crippen LogP contribution in [0.1, 0.15) is 41.6 Å². The minimum atomic E-state index is -2.97. The van der Waals surface area contributed by atoms with E-state index in [2.05, 4.69) is 5.32 Å². The van der Waals surface area contributed by atoms with Gasteiger partial charge in [-0.05, 0) is 48.9 Å². The molecule has 0 heterocycles. The van der Waals surface area contributed by atoms with Crippen molar-refractivity contribution < 1.29 is 18.4 Å². The van der Waals surface area contributed by atoms with Gasteiger partial charge < -0.3 is 5.32 Å². The largest absolute Gasteiger partial charge is 0.326 e. The lowest BCUT2D eigenvalue weighted by atomic mass is 10.0. The Balaban J connectivity index is 1.75. The fraction of sp³-hybridized carbons (Fsp3) is 0.333. The Bertz CT molecular complexity index is 1020. The highest BCUT2D eigenvalue weighted by atomic mass is 35.5. The summed E-state index contributed by atoms with van der Waals surface area (Å²) in [6, 6.07) is 9.05. The van der Waals surface area contributed by atoms with E-state index in [0.717, 1.165) is 6.92 Å². The Morgan fingerprint density at radius 2 is 1.68 bits per heavy atom. The number of halogens is 7. The number of hydrogen-bond donors (Lipinski definition) is 1. The molecule has 0 saturated heterocycles. The fourth-order valence-corrected chi connectivity index (χ4v) is 4.92. The number of hydrogen-bond acceptors (Lipinski definition) is 2. The highest BCUT2D eigenvalue weighted by molar-refractivity contribution is 6.53. The van der Waals surface area contributed by atoms with Crippen molar-refractivity contribution in [2.24, 2.45) is 5.92 Å². The topological polar surface area (TPSA) is 46.2 Å². The van der Waals surface area contributed by atoms with Gasteiger partial charge in [-0.2, -0.15) is 0 Å². The predicted octanol–water partition coefficient (Wildman–Crippen LogP) is 7.79. The smallest absolute Gasteiger partial charge is 0.245 e. The normalized spacial score (nSPS) is 19.7. The molecule has 166 valence electrons. The first kappa shape index (κ1) is 24.5. The van der Waals surface area contributed by atoms with Crippen LogP contribution in [0.15, 0.2) is 36.4 Å². The van der Waals surface area contributed by atoms with E-state index in [0.29, 0.717) is 15.6 Å². The summed E-state index contributed by atoms with van der Waals surface area (Å²) in [4.78, 5) is 25.1. The highest BCUT2D eigenvalue weighted by Crippen LogP contribution is 2.65. The molecule has 1 aliphatic carbocycles. The van der Waals surface area contributed by atoms with Gasteiger partial charge in [0.1, 0.15) is 4.33 Å². The van der Waals surface area contributed by atoms with E-state index >= 15 is 0 Å². The number of amides is 1. The zero-order chi connectivity index (χ0) is 23.1. The van der Waals surface area contributed by atoms with E-state index in [1.165, 1.54) is 18.2 Å². The second-order valence-electron chi connectivity index (χ2n) is 7.51. The van der Waals surface area contributed by atoms with Crippen molar-refractivity contribution in [2.45, 2.75) is 35.9 Å². The molecule has 2 aromatic carbocycles. The van der Waals surface area contributed by atoms with Crippen LogP contribution in [0.4, 0.5) is 14.5 Å². The molecule has 1 fully saturated rings. The zero-order valence-corrected chi connectivity index (χ0v) is 19.8. The van der Waals surface area contributed by atoms with Gasteiger partial charge in [-0.25, -0.2) is 8.78 Å². The van der Waals surface area contributed by atoms with Gasteiger partial charge in [-0.1, -0.05) is 34.8 Å². The molecule has 1 N–H and O–H groups in total. The second kappa shape index (κ2) is 9.03. The van der Waals surface area contributed by atoms with Gasteiger partial charge in [0.15, 0.2) is 5.78 Å². The second-order valence-corrected chi connectivity index (χ2v) is 10.2. The van der Waals surface area contributed by atoms with E-state index in [9.17, 15) is 18.4 Å². The van der Waals surface area contributed by atoms with Gasteiger partial charge in [0.25, 0.3) is 0 Å². The third kappa shape index (κ3) is 5.82. The molecular weight excluding hydrogens is 513 g/mol. The van der Waals surface area contributed by atoms with Gasteiger partial charge in [-0.3, -0.25) is 9.59 Å². The molecule has 2 atom stereocenters. The molecule has 1 aliphatic rings. The maximum atomic E-state index is 13.1. The molecule has 31 heavy (non-hydrogen) atoms. The van der Waals surface area contributed by atoms with E-state index in [1.54, 1.807) is 18.2 Å². The Kier molecular flexibility index (Phi) is 7.14. The molecule has 0 aromatic heterocycles. The number of anilines is 1. The number of benzene rings is 2. The van der Waals surface area contributed by atoms with E-state index in [4.69, 9.17) is 58.0 Å². The van der Waals surface area contributed by atoms with Gasteiger partial charge >= 0.3 is 0 Å². The molecule has 2 unspecified atom stereocenters. The summed E-state index contributed by atoms with van der Waals surface area (Å²) in [5, 5.41) is 3.52. The van der Waals surface area contributed by atoms with Crippen LogP contribution in [-0.2, 0) is 4.79 Å². The van der Waals surface area contributed by atoms with E-state index in [1.807, 2.05) is 0 Å². The molecule has 1 saturated carbocycles. The first-order chi connectivity index (χ1) is 14.3. The zero-order valence-electron chi connectivity index (χ0n) is 16.0. The molecule has 0 spiro atoms. The quantitative estimate of drug-likeness (QED) is 0.294. The average molecular weight is 530 g/mol. The molecule has 0 bridgehead atoms. The first-order valence-corrected chi connectivity index (χ1v) is 11.0. The summed E-state index contributed by atoms with van der Waals surface area (Å²) in [6.07, 6.45) is -0.987. The molecular formula is C21H16Cl5F2NO2. The van der Waals surface area contributed by atoms with Crippen LogP contribution >= 0.6 is 58.0 Å². The SMILES string of the molecule is CC(F)(F)CCC(=O)c1cc(NC(=O)C2C(c3cc(Cl)cc(Cl)c3)C2(Cl)Cl)ccc1Cl. The van der Waals surface area contributed by atoms with E-state index < -0.39 is 40.2 Å². The Morgan fingerprint density at radius 3 is 2.26 bits per heavy atom. The third-order valence-corrected chi connectivity index (χ3v) is 6.61. The highest BCUT2D eigenvalue weighted by Gasteiger charge is 2.67. The van der Waals surface area contributed by atoms with Crippen LogP contribution in [-0.4, -0.2) is 21.9 Å². The standard InChI is InChI=1S/C21H16Cl5F2NO2/c1-20(27,28)5-4-16(30)14-9-13(2-3-15(14)24)29-19(31)18-17(21(18,25)26)10-6-11(22)8-12(23)7-10/h2-3,6-9,17-18H,4-5H2,1H3,(H,29,31). The Morgan fingerprint density at radius 1 is 1.06 bits per heavy atom. The van der Waals surface area contributed by atoms with Crippen LogP contribution in [0, 0.1) is 5.92 Å². The van der Waals surface area contributed by atoms with Crippen molar-refractivity contribution >= 4 is 75.4 Å². The lowest BCUT2D eigenvalue weighted by Gasteiger charge is -2.11. The van der Waals surface area contributed by atoms with Crippen molar-refractivity contribution in [3.05, 3.63) is 62.6 Å². The van der Waals surface area contributed by atoms with Crippen LogP contribution in [0.5, 0.6) is 0 Å². The number of carbonyl (C=O) groups excluding carboxylic acids is 2. The molecule has 10 heteroatoms. The number of nitrogens with one attached hydrogen (secondary N) is 1. The van der Waals surface area contributed by atoms with Crippen molar-refractivity contribution in [3.63, 3.8) is 0 Å². The number of alkyl halides is 4. The summed E-state index contributed by atoms with van der Waals surface area (Å²) < 4.78 is 24.8. The number of ketones is 1. The van der Waals surface area contributed by atoms with Crippen molar-refractivity contribution in [1.29, 1.82) is 0 Å². The van der Waals surface area contributed by atoms with Gasteiger partial charge in [0.05, 0.1) is 10.9 Å². The van der Waals surface area contributed by atoms with E-state index in [-0.39, 0.29) is 22.7 Å². The Labute approximate surface area is 202 Å². The minimum absolute atomic E-state index is 0.0423. The van der Waals surface area contributed by atoms with Gasteiger partial charge in [0, 0.05) is 40.1 Å². The molecule has 0 radical (unpaired) electrons. The minimum Gasteiger partial charge on any atom is -0.326 e. The lowest BCUT2D eigenvalue weighted by molar-refractivity contribution is -0.117. The molecule has 2 aromatic rings. The maximum absolute atomic E-state index is 13.1. The molecule has 3 nitrogen and oxygen atoms in total. The number of rotatable bonds is 7. The summed E-state index contributed by atoms with van der Waals surface area (Å²) in [5.74, 6) is -5.33. The first-order valence-electron chi connectivity index (χ1n) is 9.15. The number of carbonyl (C=O) groups is 2. The van der Waals surface area contributed by atoms with Crippen LogP contribution in [0.25, 0.3) is 0 Å². The summed E-state index contributed by atoms with van der Waals surface area (Å²) >= 11 is 30.8. The van der Waals surface area contributed by atoms with Crippen LogP contribution in [0.2, 0.25) is 15.1 Å². The Hall–Kier alpha value is -1.11. The average Bonchev–Trinajstić information content (AvgIpc) is 3.22. The summed E-state index contributed by atoms with van der Waals surface area (Å²) in [5.41, 5.74) is 0.927. The summed E-state index contributed by atoms with van der Waals surface area (Å²) in [7, 11) is 0. The number of Topliss-reactive ketones (excluding diaryl/α,β-unsaturated/α-hetero) is 1. The maximum Gasteiger partial charge on any atom is 0.245 e. The molecule has 1 amide bonds. The van der Waals surface area contributed by atoms with Crippen LogP contribution < -0.4 is 5.32 Å². The van der Waals surface area contributed by atoms with Crippen molar-refractivity contribution in [3.8, 4) is 0 Å². The molecule has 0 aliphatic heterocycles. The third-order valence-electron chi connectivity index (χ3n) is 4.91. The molecule has 3 rings (SSSR count). The fourth-order valence-electron chi connectivity index (χ4n) is 3.33. The van der Waals surface area contributed by atoms with Crippen molar-refractivity contribution in [2.75, 3.05) is 5.32 Å². The van der Waals surface area contributed by atoms with Gasteiger partial charge in [-0.15, -0.1) is 23.2 Å². The van der Waals surface area contributed by atoms with Gasteiger partial charge in [0.2, 0.25) is 11.8 Å². The monoisotopic (exact) mass is 527 g/mol.